The fourth-order valence-electron chi connectivity index (χ4n) is 1.77. The van der Waals surface area contributed by atoms with Crippen LogP contribution in [0.4, 0.5) is 4.39 Å². The Labute approximate surface area is 118 Å². The molecule has 108 valence electrons. The molecule has 0 aliphatic rings. The molecule has 1 heterocycles. The Bertz CT molecular complexity index is 691. The van der Waals surface area contributed by atoms with Crippen molar-refractivity contribution in [3.05, 3.63) is 53.6 Å². The maximum atomic E-state index is 12.8. The predicted octanol–water partition coefficient (Wildman–Crippen LogP) is 1.30. The number of Topliss-reactive ketones (excluding diaryl/α,β-unsaturated/α-hetero) is 2. The number of benzene rings is 1. The molecule has 1 aromatic carbocycles. The lowest BCUT2D eigenvalue weighted by Crippen LogP contribution is -2.19. The summed E-state index contributed by atoms with van der Waals surface area (Å²) < 4.78 is 14.2. The van der Waals surface area contributed by atoms with Crippen LogP contribution >= 0.6 is 0 Å². The number of carboxylic acid groups (broad SMARTS) is 1. The van der Waals surface area contributed by atoms with Crippen LogP contribution < -0.4 is 0 Å². The molecule has 0 bridgehead atoms. The molecule has 0 spiro atoms. The zero-order valence-electron chi connectivity index (χ0n) is 10.8. The fourth-order valence-corrected chi connectivity index (χ4v) is 1.77. The molecule has 6 nitrogen and oxygen atoms in total. The lowest BCUT2D eigenvalue weighted by Gasteiger charge is -2.06. The summed E-state index contributed by atoms with van der Waals surface area (Å²) in [6, 6.07) is 7.07. The van der Waals surface area contributed by atoms with E-state index in [9.17, 15) is 18.8 Å². The molecule has 0 amide bonds. The average molecular weight is 290 g/mol. The molecule has 2 rings (SSSR count). The van der Waals surface area contributed by atoms with E-state index in [1.807, 2.05) is 0 Å². The number of rotatable bonds is 6. The van der Waals surface area contributed by atoms with Gasteiger partial charge >= 0.3 is 5.97 Å². The van der Waals surface area contributed by atoms with Crippen molar-refractivity contribution < 1.29 is 23.9 Å². The van der Waals surface area contributed by atoms with Crippen molar-refractivity contribution in [3.8, 4) is 0 Å². The van der Waals surface area contributed by atoms with E-state index in [1.54, 1.807) is 12.1 Å². The Morgan fingerprint density at radius 2 is 1.81 bits per heavy atom. The highest BCUT2D eigenvalue weighted by molar-refractivity contribution is 6.37. The topological polar surface area (TPSA) is 89.3 Å². The van der Waals surface area contributed by atoms with Crippen LogP contribution in [0.2, 0.25) is 0 Å². The molecule has 0 atom stereocenters. The van der Waals surface area contributed by atoms with Crippen LogP contribution in [-0.4, -0.2) is 32.4 Å². The van der Waals surface area contributed by atoms with Crippen LogP contribution in [0.5, 0.6) is 0 Å². The highest BCUT2D eigenvalue weighted by Gasteiger charge is 2.20. The number of halogens is 1. The van der Waals surface area contributed by atoms with Gasteiger partial charge in [0.25, 0.3) is 0 Å². The third kappa shape index (κ3) is 3.59. The number of carboxylic acids is 1. The number of carbonyl (C=O) groups is 3. The van der Waals surface area contributed by atoms with Crippen molar-refractivity contribution in [1.82, 2.24) is 9.78 Å². The van der Waals surface area contributed by atoms with Crippen molar-refractivity contribution in [2.75, 3.05) is 0 Å². The van der Waals surface area contributed by atoms with Gasteiger partial charge in [-0.1, -0.05) is 12.1 Å². The lowest BCUT2D eigenvalue weighted by molar-refractivity contribution is -0.148. The minimum Gasteiger partial charge on any atom is -0.475 e. The van der Waals surface area contributed by atoms with Crippen LogP contribution in [0.3, 0.4) is 0 Å². The molecule has 0 saturated carbocycles. The van der Waals surface area contributed by atoms with Gasteiger partial charge < -0.3 is 5.11 Å². The first-order chi connectivity index (χ1) is 9.97. The van der Waals surface area contributed by atoms with Crippen molar-refractivity contribution in [2.45, 2.75) is 13.0 Å². The Morgan fingerprint density at radius 1 is 1.14 bits per heavy atom. The molecule has 1 N–H and O–H groups in total. The number of aliphatic carboxylic acids is 1. The van der Waals surface area contributed by atoms with E-state index in [1.165, 1.54) is 29.1 Å². The van der Waals surface area contributed by atoms with Gasteiger partial charge in [-0.05, 0) is 23.8 Å². The van der Waals surface area contributed by atoms with Crippen molar-refractivity contribution in [1.29, 1.82) is 0 Å². The van der Waals surface area contributed by atoms with E-state index in [0.29, 0.717) is 0 Å². The van der Waals surface area contributed by atoms with E-state index in [4.69, 9.17) is 5.11 Å². The van der Waals surface area contributed by atoms with Gasteiger partial charge in [0.05, 0.1) is 13.0 Å². The summed E-state index contributed by atoms with van der Waals surface area (Å²) in [6.07, 6.45) is 0.659. The minimum atomic E-state index is -1.65. The first kappa shape index (κ1) is 14.6. The van der Waals surface area contributed by atoms with Crippen LogP contribution in [0.15, 0.2) is 36.5 Å². The first-order valence-electron chi connectivity index (χ1n) is 6.03. The van der Waals surface area contributed by atoms with Gasteiger partial charge in [0.2, 0.25) is 5.78 Å². The standard InChI is InChI=1S/C14H11FN2O4/c15-10-3-1-9(2-4-10)8-17-11(5-6-16-17)12(18)7-13(19)14(20)21/h1-6H,7-8H2,(H,20,21). The smallest absolute Gasteiger partial charge is 0.372 e. The summed E-state index contributed by atoms with van der Waals surface area (Å²) in [5.41, 5.74) is 0.854. The molecule has 0 fully saturated rings. The van der Waals surface area contributed by atoms with E-state index in [2.05, 4.69) is 5.10 Å². The third-order valence-electron chi connectivity index (χ3n) is 2.81. The summed E-state index contributed by atoms with van der Waals surface area (Å²) in [5.74, 6) is -3.81. The second-order valence-corrected chi connectivity index (χ2v) is 4.33. The monoisotopic (exact) mass is 290 g/mol. The van der Waals surface area contributed by atoms with E-state index in [-0.39, 0.29) is 18.1 Å². The van der Waals surface area contributed by atoms with E-state index in [0.717, 1.165) is 5.56 Å². The van der Waals surface area contributed by atoms with Gasteiger partial charge in [-0.15, -0.1) is 0 Å². The SMILES string of the molecule is O=C(O)C(=O)CC(=O)c1ccnn1Cc1ccc(F)cc1. The van der Waals surface area contributed by atoms with Crippen molar-refractivity contribution >= 4 is 17.5 Å². The normalized spacial score (nSPS) is 10.3. The molecule has 7 heteroatoms. The molecule has 1 aromatic heterocycles. The van der Waals surface area contributed by atoms with Crippen molar-refractivity contribution in [3.63, 3.8) is 0 Å². The van der Waals surface area contributed by atoms with E-state index < -0.39 is 24.0 Å². The number of carbonyl (C=O) groups excluding carboxylic acids is 2. The fraction of sp³-hybridized carbons (Fsp3) is 0.143. The average Bonchev–Trinajstić information content (AvgIpc) is 2.89. The Kier molecular flexibility index (Phi) is 4.22. The summed E-state index contributed by atoms with van der Waals surface area (Å²) in [7, 11) is 0. The second-order valence-electron chi connectivity index (χ2n) is 4.33. The quantitative estimate of drug-likeness (QED) is 0.492. The number of ketones is 2. The van der Waals surface area contributed by atoms with Gasteiger partial charge in [-0.2, -0.15) is 5.10 Å². The van der Waals surface area contributed by atoms with Crippen LogP contribution in [-0.2, 0) is 16.1 Å². The van der Waals surface area contributed by atoms with E-state index >= 15 is 0 Å². The van der Waals surface area contributed by atoms with Crippen LogP contribution in [0.1, 0.15) is 22.5 Å². The Morgan fingerprint density at radius 3 is 2.43 bits per heavy atom. The second kappa shape index (κ2) is 6.08. The van der Waals surface area contributed by atoms with Gasteiger partial charge in [0.15, 0.2) is 5.78 Å². The molecule has 0 saturated heterocycles. The molecule has 0 radical (unpaired) electrons. The zero-order chi connectivity index (χ0) is 15.4. The number of hydrogen-bond donors (Lipinski definition) is 1. The summed E-state index contributed by atoms with van der Waals surface area (Å²) in [4.78, 5) is 33.4. The van der Waals surface area contributed by atoms with Gasteiger partial charge in [-0.3, -0.25) is 14.3 Å². The number of nitrogens with zero attached hydrogens (tertiary/aromatic N) is 2. The summed E-state index contributed by atoms with van der Waals surface area (Å²) in [5, 5.41) is 12.4. The maximum absolute atomic E-state index is 12.8. The predicted molar refractivity (Wildman–Crippen MR) is 69.3 cm³/mol. The van der Waals surface area contributed by atoms with Crippen LogP contribution in [0, 0.1) is 5.82 Å². The molecule has 0 unspecified atom stereocenters. The molecule has 0 aliphatic carbocycles. The largest absolute Gasteiger partial charge is 0.475 e. The third-order valence-corrected chi connectivity index (χ3v) is 2.81. The van der Waals surface area contributed by atoms with Crippen molar-refractivity contribution in [2.24, 2.45) is 0 Å². The van der Waals surface area contributed by atoms with Crippen LogP contribution in [0.25, 0.3) is 0 Å². The number of hydrogen-bond acceptors (Lipinski definition) is 4. The van der Waals surface area contributed by atoms with Gasteiger partial charge in [0.1, 0.15) is 11.5 Å². The summed E-state index contributed by atoms with van der Waals surface area (Å²) in [6.45, 7) is 0.218. The molecular formula is C14H11FN2O4. The lowest BCUT2D eigenvalue weighted by atomic mass is 10.1. The van der Waals surface area contributed by atoms with Gasteiger partial charge in [0, 0.05) is 6.20 Å². The number of aromatic nitrogens is 2. The molecular weight excluding hydrogens is 279 g/mol. The maximum Gasteiger partial charge on any atom is 0.372 e. The zero-order valence-corrected chi connectivity index (χ0v) is 10.8. The molecule has 2 aromatic rings. The Balaban J connectivity index is 2.14. The van der Waals surface area contributed by atoms with Gasteiger partial charge in [-0.25, -0.2) is 9.18 Å². The first-order valence-corrected chi connectivity index (χ1v) is 6.03. The highest BCUT2D eigenvalue weighted by atomic mass is 19.1. The molecule has 0 aliphatic heterocycles. The minimum absolute atomic E-state index is 0.133. The highest BCUT2D eigenvalue weighted by Crippen LogP contribution is 2.09. The Hall–Kier alpha value is -2.83. The molecule has 21 heavy (non-hydrogen) atoms. The summed E-state index contributed by atoms with van der Waals surface area (Å²) >= 11 is 0.